The number of carbonyl (C=O) groups is 2. The molecule has 0 spiro atoms. The van der Waals surface area contributed by atoms with Crippen LogP contribution < -0.4 is 4.74 Å². The number of rotatable bonds is 4. The van der Waals surface area contributed by atoms with Crippen LogP contribution in [-0.4, -0.2) is 61.6 Å². The van der Waals surface area contributed by atoms with Gasteiger partial charge >= 0.3 is 5.97 Å². The highest BCUT2D eigenvalue weighted by Crippen LogP contribution is 2.39. The second-order valence-electron chi connectivity index (χ2n) is 6.38. The third kappa shape index (κ3) is 3.30. The number of esters is 1. The van der Waals surface area contributed by atoms with Crippen LogP contribution in [0.25, 0.3) is 0 Å². The van der Waals surface area contributed by atoms with Crippen molar-refractivity contribution >= 4 is 11.9 Å². The number of ether oxygens (including phenoxy) is 2. The van der Waals surface area contributed by atoms with Gasteiger partial charge in [-0.2, -0.15) is 5.26 Å². The van der Waals surface area contributed by atoms with Gasteiger partial charge in [0.2, 0.25) is 0 Å². The molecule has 132 valence electrons. The molecule has 1 saturated heterocycles. The third-order valence-corrected chi connectivity index (χ3v) is 4.75. The van der Waals surface area contributed by atoms with Crippen LogP contribution in [-0.2, 0) is 9.53 Å². The summed E-state index contributed by atoms with van der Waals surface area (Å²) in [4.78, 5) is 27.9. The van der Waals surface area contributed by atoms with Crippen LogP contribution in [0.3, 0.4) is 0 Å². The smallest absolute Gasteiger partial charge is 0.325 e. The molecule has 7 nitrogen and oxygen atoms in total. The first-order valence-corrected chi connectivity index (χ1v) is 8.30. The van der Waals surface area contributed by atoms with Gasteiger partial charge in [-0.3, -0.25) is 9.59 Å². The predicted molar refractivity (Wildman–Crippen MR) is 89.0 cm³/mol. The number of piperidine rings is 1. The van der Waals surface area contributed by atoms with E-state index in [1.54, 1.807) is 18.2 Å². The van der Waals surface area contributed by atoms with Gasteiger partial charge in [0.25, 0.3) is 5.91 Å². The Morgan fingerprint density at radius 3 is 2.72 bits per heavy atom. The maximum atomic E-state index is 12.8. The second kappa shape index (κ2) is 7.11. The van der Waals surface area contributed by atoms with Crippen molar-refractivity contribution in [1.82, 2.24) is 9.80 Å². The molecule has 25 heavy (non-hydrogen) atoms. The van der Waals surface area contributed by atoms with Crippen LogP contribution in [0.2, 0.25) is 0 Å². The zero-order chi connectivity index (χ0) is 18.0. The van der Waals surface area contributed by atoms with E-state index < -0.39 is 12.0 Å². The molecular weight excluding hydrogens is 322 g/mol. The van der Waals surface area contributed by atoms with Gasteiger partial charge in [0.05, 0.1) is 18.7 Å². The lowest BCUT2D eigenvalue weighted by Crippen LogP contribution is -2.36. The minimum Gasteiger partial charge on any atom is -0.489 e. The number of hydrogen-bond acceptors (Lipinski definition) is 6. The van der Waals surface area contributed by atoms with Gasteiger partial charge in [-0.15, -0.1) is 0 Å². The minimum atomic E-state index is -0.803. The van der Waals surface area contributed by atoms with E-state index in [-0.39, 0.29) is 18.6 Å². The summed E-state index contributed by atoms with van der Waals surface area (Å²) in [7, 11) is 3.33. The standard InChI is InChI=1S/C18H21N3O4/c1-20-8-6-12(7-9-20)25-15-5-3-4-13-14(10-19)21(11-16(22)24-2)18(23)17(13)15/h3-5,12,14H,6-9,11H2,1-2H3. The number of fused-ring (bicyclic) bond motifs is 1. The number of benzene rings is 1. The van der Waals surface area contributed by atoms with Crippen molar-refractivity contribution in [2.75, 3.05) is 33.8 Å². The van der Waals surface area contributed by atoms with Gasteiger partial charge in [0.15, 0.2) is 0 Å². The Balaban J connectivity index is 1.86. The zero-order valence-electron chi connectivity index (χ0n) is 14.4. The largest absolute Gasteiger partial charge is 0.489 e. The first kappa shape index (κ1) is 17.2. The van der Waals surface area contributed by atoms with Crippen molar-refractivity contribution < 1.29 is 19.1 Å². The Labute approximate surface area is 146 Å². The number of nitrogens with zero attached hydrogens (tertiary/aromatic N) is 3. The lowest BCUT2D eigenvalue weighted by molar-refractivity contribution is -0.141. The van der Waals surface area contributed by atoms with Crippen molar-refractivity contribution in [2.45, 2.75) is 25.0 Å². The summed E-state index contributed by atoms with van der Waals surface area (Å²) in [6.07, 6.45) is 1.83. The zero-order valence-corrected chi connectivity index (χ0v) is 14.4. The first-order valence-electron chi connectivity index (χ1n) is 8.30. The average Bonchev–Trinajstić information content (AvgIpc) is 2.89. The molecule has 2 aliphatic rings. The molecule has 1 aromatic rings. The number of likely N-dealkylation sites (tertiary alicyclic amines) is 1. The Kier molecular flexibility index (Phi) is 4.91. The predicted octanol–water partition coefficient (Wildman–Crippen LogP) is 1.35. The van der Waals surface area contributed by atoms with Gasteiger partial charge < -0.3 is 19.3 Å². The van der Waals surface area contributed by atoms with Crippen LogP contribution in [0.5, 0.6) is 5.75 Å². The summed E-state index contributed by atoms with van der Waals surface area (Å²) in [6.45, 7) is 1.64. The fourth-order valence-electron chi connectivity index (χ4n) is 3.32. The van der Waals surface area contributed by atoms with Crippen molar-refractivity contribution in [1.29, 1.82) is 5.26 Å². The number of hydrogen-bond donors (Lipinski definition) is 0. The van der Waals surface area contributed by atoms with Crippen molar-refractivity contribution in [2.24, 2.45) is 0 Å². The highest BCUT2D eigenvalue weighted by Gasteiger charge is 2.40. The van der Waals surface area contributed by atoms with Crippen molar-refractivity contribution in [3.63, 3.8) is 0 Å². The molecule has 1 fully saturated rings. The average molecular weight is 343 g/mol. The summed E-state index contributed by atoms with van der Waals surface area (Å²) in [5, 5.41) is 9.49. The molecule has 0 radical (unpaired) electrons. The summed E-state index contributed by atoms with van der Waals surface area (Å²) >= 11 is 0. The van der Waals surface area contributed by atoms with Crippen LogP contribution >= 0.6 is 0 Å². The topological polar surface area (TPSA) is 82.9 Å². The SMILES string of the molecule is COC(=O)CN1C(=O)c2c(OC3CCN(C)CC3)cccc2C1C#N. The van der Waals surface area contributed by atoms with Crippen LogP contribution in [0.15, 0.2) is 18.2 Å². The molecule has 1 aromatic carbocycles. The summed E-state index contributed by atoms with van der Waals surface area (Å²) in [5.41, 5.74) is 0.971. The van der Waals surface area contributed by atoms with Gasteiger partial charge in [-0.1, -0.05) is 12.1 Å². The fraction of sp³-hybridized carbons (Fsp3) is 0.500. The summed E-state index contributed by atoms with van der Waals surface area (Å²) in [5.74, 6) is -0.431. The molecule has 0 bridgehead atoms. The van der Waals surface area contributed by atoms with E-state index >= 15 is 0 Å². The molecule has 2 aliphatic heterocycles. The molecule has 7 heteroatoms. The molecule has 0 aliphatic carbocycles. The monoisotopic (exact) mass is 343 g/mol. The van der Waals surface area contributed by atoms with Crippen LogP contribution in [0.1, 0.15) is 34.8 Å². The van der Waals surface area contributed by atoms with Crippen molar-refractivity contribution in [3.05, 3.63) is 29.3 Å². The van der Waals surface area contributed by atoms with Gasteiger partial charge in [0, 0.05) is 18.7 Å². The Morgan fingerprint density at radius 2 is 2.08 bits per heavy atom. The second-order valence-corrected chi connectivity index (χ2v) is 6.38. The van der Waals surface area contributed by atoms with Crippen LogP contribution in [0, 0.1) is 11.3 Å². The Morgan fingerprint density at radius 1 is 1.36 bits per heavy atom. The summed E-state index contributed by atoms with van der Waals surface area (Å²) < 4.78 is 10.7. The lowest BCUT2D eigenvalue weighted by Gasteiger charge is -2.29. The molecule has 1 atom stereocenters. The molecule has 3 rings (SSSR count). The Hall–Kier alpha value is -2.59. The van der Waals surface area contributed by atoms with E-state index in [0.717, 1.165) is 25.9 Å². The molecule has 1 unspecified atom stereocenters. The molecule has 0 N–H and O–H groups in total. The van der Waals surface area contributed by atoms with Gasteiger partial charge in [-0.25, -0.2) is 0 Å². The fourth-order valence-corrected chi connectivity index (χ4v) is 3.32. The number of amides is 1. The third-order valence-electron chi connectivity index (χ3n) is 4.75. The Bertz CT molecular complexity index is 720. The maximum absolute atomic E-state index is 12.8. The van der Waals surface area contributed by atoms with E-state index in [2.05, 4.69) is 22.8 Å². The van der Waals surface area contributed by atoms with E-state index in [1.807, 2.05) is 0 Å². The molecule has 2 heterocycles. The quantitative estimate of drug-likeness (QED) is 0.768. The normalized spacial score (nSPS) is 20.9. The van der Waals surface area contributed by atoms with Gasteiger partial charge in [0.1, 0.15) is 24.4 Å². The maximum Gasteiger partial charge on any atom is 0.325 e. The highest BCUT2D eigenvalue weighted by molar-refractivity contribution is 6.03. The molecular formula is C18H21N3O4. The molecule has 1 amide bonds. The number of nitriles is 1. The summed E-state index contributed by atoms with van der Waals surface area (Å²) in [6, 6.07) is 6.57. The molecule has 0 saturated carbocycles. The van der Waals surface area contributed by atoms with E-state index in [0.29, 0.717) is 16.9 Å². The van der Waals surface area contributed by atoms with Gasteiger partial charge in [-0.05, 0) is 26.0 Å². The number of carbonyl (C=O) groups excluding carboxylic acids is 2. The minimum absolute atomic E-state index is 0.0469. The first-order chi connectivity index (χ1) is 12.0. The number of methoxy groups -OCH3 is 1. The molecule has 0 aromatic heterocycles. The highest BCUT2D eigenvalue weighted by atomic mass is 16.5. The van der Waals surface area contributed by atoms with Crippen LogP contribution in [0.4, 0.5) is 0 Å². The van der Waals surface area contributed by atoms with Crippen molar-refractivity contribution in [3.8, 4) is 11.8 Å². The lowest BCUT2D eigenvalue weighted by atomic mass is 10.0. The van der Waals surface area contributed by atoms with E-state index in [9.17, 15) is 14.9 Å². The van der Waals surface area contributed by atoms with E-state index in [1.165, 1.54) is 12.0 Å². The van der Waals surface area contributed by atoms with E-state index in [4.69, 9.17) is 4.74 Å².